The molecule has 0 bridgehead atoms. The van der Waals surface area contributed by atoms with Crippen LogP contribution in [0.15, 0.2) is 24.3 Å². The van der Waals surface area contributed by atoms with E-state index in [4.69, 9.17) is 0 Å². The molecule has 1 heteroatoms. The average Bonchev–Trinajstić information content (AvgIpc) is 2.29. The monoisotopic (exact) mass is 231 g/mol. The molecule has 0 saturated carbocycles. The van der Waals surface area contributed by atoms with E-state index >= 15 is 0 Å². The minimum absolute atomic E-state index is 0.480. The lowest BCUT2D eigenvalue weighted by Crippen LogP contribution is -2.41. The van der Waals surface area contributed by atoms with E-state index < -0.39 is 0 Å². The quantitative estimate of drug-likeness (QED) is 0.832. The average molecular weight is 231 g/mol. The van der Waals surface area contributed by atoms with Crippen molar-refractivity contribution < 1.29 is 0 Å². The lowest BCUT2D eigenvalue weighted by atomic mass is 9.67. The maximum absolute atomic E-state index is 3.57. The van der Waals surface area contributed by atoms with Gasteiger partial charge in [0.25, 0.3) is 0 Å². The molecule has 0 aromatic heterocycles. The minimum Gasteiger partial charge on any atom is -0.316 e. The van der Waals surface area contributed by atoms with Crippen molar-refractivity contribution in [3.63, 3.8) is 0 Å². The molecule has 17 heavy (non-hydrogen) atoms. The van der Waals surface area contributed by atoms with Crippen LogP contribution in [0.4, 0.5) is 0 Å². The molecule has 1 fully saturated rings. The second kappa shape index (κ2) is 5.22. The first kappa shape index (κ1) is 12.6. The van der Waals surface area contributed by atoms with Crippen molar-refractivity contribution in [2.75, 3.05) is 13.1 Å². The van der Waals surface area contributed by atoms with Gasteiger partial charge in [-0.1, -0.05) is 50.1 Å². The number of aryl methyl sites for hydroxylation is 1. The fourth-order valence-electron chi connectivity index (χ4n) is 3.32. The van der Waals surface area contributed by atoms with Crippen molar-refractivity contribution in [3.05, 3.63) is 35.4 Å². The summed E-state index contributed by atoms with van der Waals surface area (Å²) in [6.07, 6.45) is 3.94. The zero-order valence-corrected chi connectivity index (χ0v) is 11.4. The minimum atomic E-state index is 0.480. The molecule has 1 aliphatic rings. The summed E-state index contributed by atoms with van der Waals surface area (Å²) < 4.78 is 0. The number of rotatable bonds is 3. The third-order valence-corrected chi connectivity index (χ3v) is 4.33. The van der Waals surface area contributed by atoms with Crippen LogP contribution < -0.4 is 5.32 Å². The van der Waals surface area contributed by atoms with Gasteiger partial charge in [0.1, 0.15) is 0 Å². The molecular formula is C16H25N. The molecule has 2 unspecified atom stereocenters. The van der Waals surface area contributed by atoms with Crippen molar-refractivity contribution in [2.24, 2.45) is 5.41 Å². The van der Waals surface area contributed by atoms with Crippen LogP contribution in [0, 0.1) is 12.3 Å². The molecule has 1 saturated heterocycles. The van der Waals surface area contributed by atoms with E-state index in [1.807, 2.05) is 0 Å². The van der Waals surface area contributed by atoms with Crippen LogP contribution in [0.25, 0.3) is 0 Å². The Labute approximate surface area is 106 Å². The van der Waals surface area contributed by atoms with E-state index in [2.05, 4.69) is 50.4 Å². The number of nitrogens with one attached hydrogen (secondary N) is 1. The predicted molar refractivity (Wildman–Crippen MR) is 74.4 cm³/mol. The molecule has 0 radical (unpaired) electrons. The van der Waals surface area contributed by atoms with E-state index in [1.54, 1.807) is 0 Å². The van der Waals surface area contributed by atoms with Gasteiger partial charge in [-0.15, -0.1) is 0 Å². The molecule has 1 N–H and O–H groups in total. The number of benzene rings is 1. The molecule has 94 valence electrons. The smallest absolute Gasteiger partial charge is 0.00254 e. The van der Waals surface area contributed by atoms with Crippen molar-refractivity contribution >= 4 is 0 Å². The van der Waals surface area contributed by atoms with Gasteiger partial charge < -0.3 is 5.32 Å². The Hall–Kier alpha value is -0.820. The lowest BCUT2D eigenvalue weighted by molar-refractivity contribution is 0.171. The molecule has 2 rings (SSSR count). The molecule has 1 aliphatic heterocycles. The lowest BCUT2D eigenvalue weighted by Gasteiger charge is -2.42. The molecular weight excluding hydrogens is 206 g/mol. The Morgan fingerprint density at radius 2 is 2.24 bits per heavy atom. The van der Waals surface area contributed by atoms with Gasteiger partial charge in [0.05, 0.1) is 0 Å². The third-order valence-electron chi connectivity index (χ3n) is 4.33. The summed E-state index contributed by atoms with van der Waals surface area (Å²) in [4.78, 5) is 0. The van der Waals surface area contributed by atoms with Gasteiger partial charge in [-0.3, -0.25) is 0 Å². The van der Waals surface area contributed by atoms with E-state index in [0.29, 0.717) is 11.3 Å². The molecule has 0 aliphatic carbocycles. The largest absolute Gasteiger partial charge is 0.316 e. The summed E-state index contributed by atoms with van der Waals surface area (Å²) in [5.74, 6) is 0.677. The van der Waals surface area contributed by atoms with Gasteiger partial charge in [0, 0.05) is 12.5 Å². The van der Waals surface area contributed by atoms with Gasteiger partial charge in [0.2, 0.25) is 0 Å². The highest BCUT2D eigenvalue weighted by Crippen LogP contribution is 2.44. The molecule has 0 amide bonds. The maximum Gasteiger partial charge on any atom is 0.00254 e. The Morgan fingerprint density at radius 3 is 2.94 bits per heavy atom. The zero-order chi connectivity index (χ0) is 12.3. The molecule has 1 aromatic carbocycles. The summed E-state index contributed by atoms with van der Waals surface area (Å²) in [6, 6.07) is 9.06. The Bertz CT molecular complexity index is 368. The van der Waals surface area contributed by atoms with Crippen molar-refractivity contribution in [2.45, 2.75) is 46.0 Å². The van der Waals surface area contributed by atoms with Gasteiger partial charge in [0.15, 0.2) is 0 Å². The van der Waals surface area contributed by atoms with Crippen molar-refractivity contribution in [3.8, 4) is 0 Å². The second-order valence-corrected chi connectivity index (χ2v) is 5.82. The predicted octanol–water partition coefficient (Wildman–Crippen LogP) is 3.88. The Morgan fingerprint density at radius 1 is 1.41 bits per heavy atom. The van der Waals surface area contributed by atoms with E-state index in [-0.39, 0.29) is 0 Å². The molecule has 1 aromatic rings. The van der Waals surface area contributed by atoms with E-state index in [0.717, 1.165) is 6.54 Å². The molecule has 0 spiro atoms. The van der Waals surface area contributed by atoms with Gasteiger partial charge in [-0.25, -0.2) is 0 Å². The summed E-state index contributed by atoms with van der Waals surface area (Å²) in [7, 11) is 0. The Balaban J connectivity index is 2.27. The standard InChI is InChI=1S/C16H25N/c1-4-8-16(3)9-10-17-12-15(16)14-7-5-6-13(2)11-14/h5-7,11,15,17H,4,8-10,12H2,1-3H3. The van der Waals surface area contributed by atoms with Crippen LogP contribution in [-0.2, 0) is 0 Å². The highest BCUT2D eigenvalue weighted by atomic mass is 14.9. The van der Waals surface area contributed by atoms with Crippen LogP contribution in [-0.4, -0.2) is 13.1 Å². The summed E-state index contributed by atoms with van der Waals surface area (Å²) in [5.41, 5.74) is 3.38. The van der Waals surface area contributed by atoms with Crippen molar-refractivity contribution in [1.29, 1.82) is 0 Å². The van der Waals surface area contributed by atoms with Gasteiger partial charge in [-0.05, 0) is 37.3 Å². The molecule has 2 atom stereocenters. The van der Waals surface area contributed by atoms with Crippen LogP contribution >= 0.6 is 0 Å². The first-order valence-corrected chi connectivity index (χ1v) is 6.93. The number of hydrogen-bond acceptors (Lipinski definition) is 1. The highest BCUT2D eigenvalue weighted by molar-refractivity contribution is 5.28. The zero-order valence-electron chi connectivity index (χ0n) is 11.4. The van der Waals surface area contributed by atoms with Gasteiger partial charge in [-0.2, -0.15) is 0 Å². The topological polar surface area (TPSA) is 12.0 Å². The fraction of sp³-hybridized carbons (Fsp3) is 0.625. The highest BCUT2D eigenvalue weighted by Gasteiger charge is 2.36. The van der Waals surface area contributed by atoms with Crippen molar-refractivity contribution in [1.82, 2.24) is 5.32 Å². The van der Waals surface area contributed by atoms with Crippen LogP contribution in [0.2, 0.25) is 0 Å². The van der Waals surface area contributed by atoms with E-state index in [9.17, 15) is 0 Å². The molecule has 1 heterocycles. The van der Waals surface area contributed by atoms with Crippen LogP contribution in [0.3, 0.4) is 0 Å². The first-order chi connectivity index (χ1) is 8.15. The third kappa shape index (κ3) is 2.71. The van der Waals surface area contributed by atoms with Crippen LogP contribution in [0.1, 0.15) is 50.2 Å². The SMILES string of the molecule is CCCC1(C)CCNCC1c1cccc(C)c1. The summed E-state index contributed by atoms with van der Waals surface area (Å²) >= 11 is 0. The Kier molecular flexibility index (Phi) is 3.88. The summed E-state index contributed by atoms with van der Waals surface area (Å²) in [5, 5.41) is 3.57. The molecule has 1 nitrogen and oxygen atoms in total. The second-order valence-electron chi connectivity index (χ2n) is 5.82. The number of piperidine rings is 1. The van der Waals surface area contributed by atoms with E-state index in [1.165, 1.54) is 36.9 Å². The maximum atomic E-state index is 3.57. The normalized spacial score (nSPS) is 29.2. The fourth-order valence-corrected chi connectivity index (χ4v) is 3.32. The first-order valence-electron chi connectivity index (χ1n) is 6.93. The summed E-state index contributed by atoms with van der Waals surface area (Å²) in [6.45, 7) is 9.29. The van der Waals surface area contributed by atoms with Crippen LogP contribution in [0.5, 0.6) is 0 Å². The van der Waals surface area contributed by atoms with Gasteiger partial charge >= 0.3 is 0 Å². The number of hydrogen-bond donors (Lipinski definition) is 1.